The maximum Gasteiger partial charge on any atom is 0.303 e. The number of aliphatic carboxylic acids is 1. The van der Waals surface area contributed by atoms with Crippen LogP contribution < -0.4 is 11.1 Å². The Morgan fingerprint density at radius 1 is 1.53 bits per heavy atom. The van der Waals surface area contributed by atoms with Gasteiger partial charge in [0.25, 0.3) is 0 Å². The van der Waals surface area contributed by atoms with Gasteiger partial charge in [0.05, 0.1) is 6.04 Å². The van der Waals surface area contributed by atoms with Gasteiger partial charge < -0.3 is 16.2 Å². The molecule has 0 aromatic carbocycles. The lowest BCUT2D eigenvalue weighted by molar-refractivity contribution is -0.137. The lowest BCUT2D eigenvalue weighted by Crippen LogP contribution is -2.41. The number of nitrogens with two attached hydrogens (primary N) is 1. The third-order valence-electron chi connectivity index (χ3n) is 1.80. The van der Waals surface area contributed by atoms with E-state index in [1.807, 2.05) is 0 Å². The first-order valence-corrected chi connectivity index (χ1v) is 4.76. The van der Waals surface area contributed by atoms with E-state index in [1.165, 1.54) is 0 Å². The Labute approximate surface area is 89.0 Å². The highest BCUT2D eigenvalue weighted by atomic mass is 16.4. The second-order valence-corrected chi connectivity index (χ2v) is 3.14. The SMILES string of the molecule is C#CCCCNC(=O)C(N)CCC(=O)O. The molecule has 5 nitrogen and oxygen atoms in total. The van der Waals surface area contributed by atoms with Crippen molar-refractivity contribution in [1.29, 1.82) is 0 Å². The fourth-order valence-electron chi connectivity index (χ4n) is 0.943. The van der Waals surface area contributed by atoms with Gasteiger partial charge in [-0.25, -0.2) is 0 Å². The molecule has 0 aromatic heterocycles. The van der Waals surface area contributed by atoms with Gasteiger partial charge in [-0.3, -0.25) is 9.59 Å². The topological polar surface area (TPSA) is 92.4 Å². The van der Waals surface area contributed by atoms with E-state index in [-0.39, 0.29) is 18.7 Å². The van der Waals surface area contributed by atoms with Gasteiger partial charge in [0.15, 0.2) is 0 Å². The van der Waals surface area contributed by atoms with E-state index in [0.29, 0.717) is 19.4 Å². The minimum atomic E-state index is -0.953. The van der Waals surface area contributed by atoms with Crippen molar-refractivity contribution in [1.82, 2.24) is 5.32 Å². The highest BCUT2D eigenvalue weighted by Crippen LogP contribution is 1.94. The van der Waals surface area contributed by atoms with E-state index in [2.05, 4.69) is 11.2 Å². The number of carboxylic acid groups (broad SMARTS) is 1. The summed E-state index contributed by atoms with van der Waals surface area (Å²) in [6, 6.07) is -0.757. The van der Waals surface area contributed by atoms with Gasteiger partial charge in [0.1, 0.15) is 0 Å². The molecule has 0 aliphatic rings. The minimum Gasteiger partial charge on any atom is -0.481 e. The second kappa shape index (κ2) is 7.83. The zero-order chi connectivity index (χ0) is 11.7. The Morgan fingerprint density at radius 3 is 2.73 bits per heavy atom. The molecular formula is C10H16N2O3. The van der Waals surface area contributed by atoms with Crippen molar-refractivity contribution >= 4 is 11.9 Å². The third-order valence-corrected chi connectivity index (χ3v) is 1.80. The first kappa shape index (κ1) is 13.5. The standard InChI is InChI=1S/C10H16N2O3/c1-2-3-4-7-12-10(15)8(11)5-6-9(13)14/h1,8H,3-7,11H2,(H,12,15)(H,13,14). The molecule has 1 amide bonds. The summed E-state index contributed by atoms with van der Waals surface area (Å²) in [6.45, 7) is 0.476. The molecular weight excluding hydrogens is 196 g/mol. The number of terminal acetylenes is 1. The molecule has 0 aliphatic heterocycles. The maximum atomic E-state index is 11.2. The average Bonchev–Trinajstić information content (AvgIpc) is 2.20. The van der Waals surface area contributed by atoms with E-state index in [1.54, 1.807) is 0 Å². The largest absolute Gasteiger partial charge is 0.481 e. The smallest absolute Gasteiger partial charge is 0.303 e. The monoisotopic (exact) mass is 212 g/mol. The van der Waals surface area contributed by atoms with Crippen LogP contribution in [0.25, 0.3) is 0 Å². The lowest BCUT2D eigenvalue weighted by Gasteiger charge is -2.10. The molecule has 0 radical (unpaired) electrons. The molecule has 0 bridgehead atoms. The molecule has 1 unspecified atom stereocenters. The van der Waals surface area contributed by atoms with Crippen LogP contribution in [-0.4, -0.2) is 29.6 Å². The van der Waals surface area contributed by atoms with Crippen LogP contribution in [0.2, 0.25) is 0 Å². The predicted molar refractivity (Wildman–Crippen MR) is 55.9 cm³/mol. The van der Waals surface area contributed by atoms with Crippen LogP contribution in [-0.2, 0) is 9.59 Å². The molecule has 15 heavy (non-hydrogen) atoms. The van der Waals surface area contributed by atoms with Crippen molar-refractivity contribution in [3.63, 3.8) is 0 Å². The number of carbonyl (C=O) groups is 2. The summed E-state index contributed by atoms with van der Waals surface area (Å²) in [5.41, 5.74) is 5.46. The van der Waals surface area contributed by atoms with Crippen LogP contribution in [0.5, 0.6) is 0 Å². The van der Waals surface area contributed by atoms with Gasteiger partial charge in [-0.1, -0.05) is 0 Å². The highest BCUT2D eigenvalue weighted by Gasteiger charge is 2.13. The van der Waals surface area contributed by atoms with Gasteiger partial charge in [0.2, 0.25) is 5.91 Å². The quantitative estimate of drug-likeness (QED) is 0.399. The number of hydrogen-bond donors (Lipinski definition) is 3. The molecule has 1 atom stereocenters. The van der Waals surface area contributed by atoms with Crippen LogP contribution in [0.4, 0.5) is 0 Å². The van der Waals surface area contributed by atoms with E-state index in [4.69, 9.17) is 17.3 Å². The van der Waals surface area contributed by atoms with Crippen molar-refractivity contribution in [3.05, 3.63) is 0 Å². The minimum absolute atomic E-state index is 0.0983. The number of amides is 1. The molecule has 0 aliphatic carbocycles. The first-order valence-electron chi connectivity index (χ1n) is 4.76. The summed E-state index contributed by atoms with van der Waals surface area (Å²) in [6.07, 6.45) is 6.39. The second-order valence-electron chi connectivity index (χ2n) is 3.14. The first-order chi connectivity index (χ1) is 7.07. The molecule has 84 valence electrons. The number of rotatable bonds is 7. The van der Waals surface area contributed by atoms with Gasteiger partial charge >= 0.3 is 5.97 Å². The fraction of sp³-hybridized carbons (Fsp3) is 0.600. The van der Waals surface area contributed by atoms with E-state index < -0.39 is 12.0 Å². The molecule has 0 rings (SSSR count). The molecule has 0 saturated carbocycles. The Morgan fingerprint density at radius 2 is 2.20 bits per heavy atom. The third kappa shape index (κ3) is 7.52. The van der Waals surface area contributed by atoms with Gasteiger partial charge in [-0.15, -0.1) is 12.3 Å². The molecule has 4 N–H and O–H groups in total. The van der Waals surface area contributed by atoms with Crippen LogP contribution in [0.1, 0.15) is 25.7 Å². The van der Waals surface area contributed by atoms with Crippen molar-refractivity contribution in [2.75, 3.05) is 6.54 Å². The van der Waals surface area contributed by atoms with Crippen molar-refractivity contribution in [3.8, 4) is 12.3 Å². The van der Waals surface area contributed by atoms with Gasteiger partial charge in [0, 0.05) is 19.4 Å². The number of unbranched alkanes of at least 4 members (excludes halogenated alkanes) is 1. The molecule has 0 heterocycles. The normalized spacial score (nSPS) is 11.5. The Bertz CT molecular complexity index is 258. The van der Waals surface area contributed by atoms with Crippen molar-refractivity contribution in [2.45, 2.75) is 31.7 Å². The summed E-state index contributed by atoms with van der Waals surface area (Å²) in [5, 5.41) is 11.0. The van der Waals surface area contributed by atoms with Crippen LogP contribution in [0, 0.1) is 12.3 Å². The molecule has 5 heteroatoms. The summed E-state index contributed by atoms with van der Waals surface area (Å²) in [4.78, 5) is 21.5. The number of carbonyl (C=O) groups excluding carboxylic acids is 1. The summed E-state index contributed by atoms with van der Waals surface area (Å²) in [5.74, 6) is 1.17. The Balaban J connectivity index is 3.61. The zero-order valence-corrected chi connectivity index (χ0v) is 8.53. The van der Waals surface area contributed by atoms with E-state index in [0.717, 1.165) is 0 Å². The maximum absolute atomic E-state index is 11.2. The Hall–Kier alpha value is -1.54. The molecule has 0 saturated heterocycles. The van der Waals surface area contributed by atoms with Crippen LogP contribution in [0.15, 0.2) is 0 Å². The van der Waals surface area contributed by atoms with E-state index >= 15 is 0 Å². The highest BCUT2D eigenvalue weighted by molar-refractivity contribution is 5.82. The van der Waals surface area contributed by atoms with Crippen LogP contribution in [0.3, 0.4) is 0 Å². The number of hydrogen-bond acceptors (Lipinski definition) is 3. The average molecular weight is 212 g/mol. The predicted octanol–water partition coefficient (Wildman–Crippen LogP) is -0.292. The van der Waals surface area contributed by atoms with Gasteiger partial charge in [-0.05, 0) is 12.8 Å². The number of carboxylic acids is 1. The lowest BCUT2D eigenvalue weighted by atomic mass is 10.1. The van der Waals surface area contributed by atoms with Crippen molar-refractivity contribution in [2.24, 2.45) is 5.73 Å². The summed E-state index contributed by atoms with van der Waals surface area (Å²) >= 11 is 0. The molecule has 0 fully saturated rings. The Kier molecular flexibility index (Phi) is 7.02. The molecule has 0 aromatic rings. The summed E-state index contributed by atoms with van der Waals surface area (Å²) in [7, 11) is 0. The van der Waals surface area contributed by atoms with E-state index in [9.17, 15) is 9.59 Å². The van der Waals surface area contributed by atoms with Crippen LogP contribution >= 0.6 is 0 Å². The zero-order valence-electron chi connectivity index (χ0n) is 8.53. The summed E-state index contributed by atoms with van der Waals surface area (Å²) < 4.78 is 0. The molecule has 0 spiro atoms. The van der Waals surface area contributed by atoms with Crippen molar-refractivity contribution < 1.29 is 14.7 Å². The fourth-order valence-corrected chi connectivity index (χ4v) is 0.943. The number of nitrogens with one attached hydrogen (secondary N) is 1. The van der Waals surface area contributed by atoms with Gasteiger partial charge in [-0.2, -0.15) is 0 Å².